The third-order valence-corrected chi connectivity index (χ3v) is 4.03. The fourth-order valence-electron chi connectivity index (χ4n) is 1.90. The number of thiophene rings is 1. The van der Waals surface area contributed by atoms with Crippen molar-refractivity contribution in [2.75, 3.05) is 12.4 Å². The van der Waals surface area contributed by atoms with Gasteiger partial charge in [-0.2, -0.15) is 0 Å². The van der Waals surface area contributed by atoms with Gasteiger partial charge in [0.05, 0.1) is 10.6 Å². The van der Waals surface area contributed by atoms with Crippen LogP contribution in [0.1, 0.15) is 37.0 Å². The fourth-order valence-corrected chi connectivity index (χ4v) is 2.81. The van der Waals surface area contributed by atoms with Gasteiger partial charge in [0.25, 0.3) is 0 Å². The molecule has 0 spiro atoms. The van der Waals surface area contributed by atoms with Crippen molar-refractivity contribution in [1.29, 1.82) is 0 Å². The highest BCUT2D eigenvalue weighted by Crippen LogP contribution is 2.33. The Balaban J connectivity index is 2.65. The second kappa shape index (κ2) is 4.93. The Bertz CT molecular complexity index is 594. The van der Waals surface area contributed by atoms with Crippen LogP contribution in [-0.2, 0) is 5.41 Å². The van der Waals surface area contributed by atoms with Gasteiger partial charge in [0.1, 0.15) is 11.6 Å². The van der Waals surface area contributed by atoms with Gasteiger partial charge in [-0.05, 0) is 26.0 Å². The van der Waals surface area contributed by atoms with Crippen LogP contribution < -0.4 is 5.32 Å². The number of nitrogens with one attached hydrogen (secondary N) is 1. The Kier molecular flexibility index (Phi) is 3.63. The minimum atomic E-state index is -0.0552. The summed E-state index contributed by atoms with van der Waals surface area (Å²) in [5.41, 5.74) is 2.10. The number of anilines is 1. The molecule has 0 saturated heterocycles. The van der Waals surface area contributed by atoms with Crippen molar-refractivity contribution < 1.29 is 0 Å². The summed E-state index contributed by atoms with van der Waals surface area (Å²) in [5.74, 6) is 1.80. The maximum absolute atomic E-state index is 4.80. The van der Waals surface area contributed by atoms with Gasteiger partial charge in [-0.25, -0.2) is 9.97 Å². The third-order valence-electron chi connectivity index (χ3n) is 3.03. The maximum Gasteiger partial charge on any atom is 0.136 e. The molecule has 0 aliphatic rings. The molecule has 2 aromatic heterocycles. The summed E-state index contributed by atoms with van der Waals surface area (Å²) >= 11 is 1.78. The van der Waals surface area contributed by atoms with Gasteiger partial charge in [-0.3, -0.25) is 0 Å². The SMILES string of the molecule is CNc1nc(C(C)(C)C)nc(-c2ccc(C)s2)c1C. The molecule has 2 heterocycles. The van der Waals surface area contributed by atoms with Crippen LogP contribution in [0.15, 0.2) is 12.1 Å². The molecule has 0 aromatic carbocycles. The molecule has 0 aliphatic carbocycles. The van der Waals surface area contributed by atoms with E-state index in [0.29, 0.717) is 0 Å². The third kappa shape index (κ3) is 2.78. The molecular weight excluding hydrogens is 254 g/mol. The molecular formula is C15H21N3S. The van der Waals surface area contributed by atoms with Gasteiger partial charge < -0.3 is 5.32 Å². The van der Waals surface area contributed by atoms with Gasteiger partial charge in [0, 0.05) is 22.9 Å². The van der Waals surface area contributed by atoms with E-state index in [4.69, 9.17) is 4.98 Å². The number of nitrogens with zero attached hydrogens (tertiary/aromatic N) is 2. The van der Waals surface area contributed by atoms with Gasteiger partial charge in [0.15, 0.2) is 0 Å². The number of aromatic nitrogens is 2. The molecule has 0 radical (unpaired) electrons. The molecule has 0 fully saturated rings. The summed E-state index contributed by atoms with van der Waals surface area (Å²) in [7, 11) is 1.91. The first-order valence-electron chi connectivity index (χ1n) is 6.46. The predicted octanol–water partition coefficient (Wildman–Crippen LogP) is 4.16. The minimum Gasteiger partial charge on any atom is -0.373 e. The Morgan fingerprint density at radius 2 is 1.79 bits per heavy atom. The lowest BCUT2D eigenvalue weighted by molar-refractivity contribution is 0.546. The topological polar surface area (TPSA) is 37.8 Å². The van der Waals surface area contributed by atoms with Gasteiger partial charge in [0.2, 0.25) is 0 Å². The average Bonchev–Trinajstić information content (AvgIpc) is 2.74. The Labute approximate surface area is 119 Å². The highest BCUT2D eigenvalue weighted by Gasteiger charge is 2.21. The van der Waals surface area contributed by atoms with Crippen LogP contribution in [-0.4, -0.2) is 17.0 Å². The van der Waals surface area contributed by atoms with Gasteiger partial charge >= 0.3 is 0 Å². The highest BCUT2D eigenvalue weighted by molar-refractivity contribution is 7.15. The van der Waals surface area contributed by atoms with Crippen LogP contribution in [0.3, 0.4) is 0 Å². The molecule has 19 heavy (non-hydrogen) atoms. The van der Waals surface area contributed by atoms with E-state index < -0.39 is 0 Å². The molecule has 2 rings (SSSR count). The maximum atomic E-state index is 4.80. The lowest BCUT2D eigenvalue weighted by Gasteiger charge is -2.20. The summed E-state index contributed by atoms with van der Waals surface area (Å²) in [6.07, 6.45) is 0. The first-order chi connectivity index (χ1) is 8.82. The molecule has 4 heteroatoms. The summed E-state index contributed by atoms with van der Waals surface area (Å²) in [6.45, 7) is 10.6. The van der Waals surface area contributed by atoms with Gasteiger partial charge in [-0.15, -0.1) is 11.3 Å². The van der Waals surface area contributed by atoms with E-state index in [1.54, 1.807) is 11.3 Å². The number of aryl methyl sites for hydroxylation is 1. The predicted molar refractivity (Wildman–Crippen MR) is 83.1 cm³/mol. The van der Waals surface area contributed by atoms with E-state index >= 15 is 0 Å². The van der Waals surface area contributed by atoms with E-state index in [0.717, 1.165) is 22.9 Å². The normalized spacial score (nSPS) is 11.7. The molecule has 0 bridgehead atoms. The van der Waals surface area contributed by atoms with E-state index in [1.807, 2.05) is 7.05 Å². The first kappa shape index (κ1) is 14.0. The minimum absolute atomic E-state index is 0.0552. The zero-order valence-electron chi connectivity index (χ0n) is 12.5. The number of hydrogen-bond acceptors (Lipinski definition) is 4. The second-order valence-electron chi connectivity index (χ2n) is 5.78. The lowest BCUT2D eigenvalue weighted by atomic mass is 9.95. The first-order valence-corrected chi connectivity index (χ1v) is 7.28. The Morgan fingerprint density at radius 3 is 2.26 bits per heavy atom. The van der Waals surface area contributed by atoms with E-state index in [9.17, 15) is 0 Å². The Morgan fingerprint density at radius 1 is 1.11 bits per heavy atom. The van der Waals surface area contributed by atoms with E-state index in [1.165, 1.54) is 9.75 Å². The van der Waals surface area contributed by atoms with Crippen molar-refractivity contribution in [3.05, 3.63) is 28.4 Å². The number of rotatable bonds is 2. The molecule has 3 nitrogen and oxygen atoms in total. The molecule has 0 amide bonds. The molecule has 0 saturated carbocycles. The quantitative estimate of drug-likeness (QED) is 0.894. The van der Waals surface area contributed by atoms with Crippen molar-refractivity contribution in [3.8, 4) is 10.6 Å². The standard InChI is InChI=1S/C15H21N3S/c1-9-7-8-11(19-9)12-10(2)13(16-6)18-14(17-12)15(3,4)5/h7-8H,1-6H3,(H,16,17,18). The van der Waals surface area contributed by atoms with Crippen LogP contribution in [0.2, 0.25) is 0 Å². The fraction of sp³-hybridized carbons (Fsp3) is 0.467. The summed E-state index contributed by atoms with van der Waals surface area (Å²) < 4.78 is 0. The number of hydrogen-bond donors (Lipinski definition) is 1. The van der Waals surface area contributed by atoms with Crippen LogP contribution in [0.5, 0.6) is 0 Å². The summed E-state index contributed by atoms with van der Waals surface area (Å²) in [6, 6.07) is 4.28. The molecule has 0 unspecified atom stereocenters. The summed E-state index contributed by atoms with van der Waals surface area (Å²) in [4.78, 5) is 11.9. The van der Waals surface area contributed by atoms with Gasteiger partial charge in [-0.1, -0.05) is 20.8 Å². The molecule has 0 aliphatic heterocycles. The molecule has 1 N–H and O–H groups in total. The van der Waals surface area contributed by atoms with Crippen LogP contribution >= 0.6 is 11.3 Å². The smallest absolute Gasteiger partial charge is 0.136 e. The largest absolute Gasteiger partial charge is 0.373 e. The lowest BCUT2D eigenvalue weighted by Crippen LogP contribution is -2.18. The monoisotopic (exact) mass is 275 g/mol. The molecule has 102 valence electrons. The molecule has 2 aromatic rings. The van der Waals surface area contributed by atoms with Crippen molar-refractivity contribution in [1.82, 2.24) is 9.97 Å². The van der Waals surface area contributed by atoms with E-state index in [2.05, 4.69) is 57.1 Å². The van der Waals surface area contributed by atoms with Crippen LogP contribution in [0, 0.1) is 13.8 Å². The molecule has 0 atom stereocenters. The second-order valence-corrected chi connectivity index (χ2v) is 7.07. The van der Waals surface area contributed by atoms with Crippen molar-refractivity contribution >= 4 is 17.2 Å². The average molecular weight is 275 g/mol. The Hall–Kier alpha value is -1.42. The van der Waals surface area contributed by atoms with Crippen LogP contribution in [0.4, 0.5) is 5.82 Å². The zero-order valence-corrected chi connectivity index (χ0v) is 13.3. The van der Waals surface area contributed by atoms with Crippen molar-refractivity contribution in [2.45, 2.75) is 40.0 Å². The van der Waals surface area contributed by atoms with E-state index in [-0.39, 0.29) is 5.41 Å². The van der Waals surface area contributed by atoms with Crippen LogP contribution in [0.25, 0.3) is 10.6 Å². The summed E-state index contributed by atoms with van der Waals surface area (Å²) in [5, 5.41) is 3.18. The zero-order chi connectivity index (χ0) is 14.2. The van der Waals surface area contributed by atoms with Crippen molar-refractivity contribution in [3.63, 3.8) is 0 Å². The van der Waals surface area contributed by atoms with Crippen molar-refractivity contribution in [2.24, 2.45) is 0 Å². The highest BCUT2D eigenvalue weighted by atomic mass is 32.1.